The van der Waals surface area contributed by atoms with Crippen molar-refractivity contribution in [3.05, 3.63) is 39.9 Å². The third-order valence-electron chi connectivity index (χ3n) is 4.09. The monoisotopic (exact) mass is 302 g/mol. The van der Waals surface area contributed by atoms with Crippen molar-refractivity contribution in [2.75, 3.05) is 17.7 Å². The highest BCUT2D eigenvalue weighted by molar-refractivity contribution is 8.03. The zero-order valence-corrected chi connectivity index (χ0v) is 13.0. The lowest BCUT2D eigenvalue weighted by Gasteiger charge is -2.22. The zero-order valence-electron chi connectivity index (χ0n) is 12.2. The largest absolute Gasteiger partial charge is 0.357 e. The molecule has 1 aromatic carbocycles. The predicted octanol–water partition coefficient (Wildman–Crippen LogP) is 3.01. The summed E-state index contributed by atoms with van der Waals surface area (Å²) in [7, 11) is 0. The number of nitrogens with one attached hydrogen (secondary N) is 1. The van der Waals surface area contributed by atoms with E-state index in [1.165, 1.54) is 10.6 Å². The van der Waals surface area contributed by atoms with Gasteiger partial charge in [0.2, 0.25) is 5.91 Å². The van der Waals surface area contributed by atoms with Crippen LogP contribution in [-0.2, 0) is 11.2 Å². The van der Waals surface area contributed by atoms with Gasteiger partial charge in [-0.1, -0.05) is 12.1 Å². The van der Waals surface area contributed by atoms with Crippen LogP contribution < -0.4 is 5.32 Å². The number of amides is 1. The van der Waals surface area contributed by atoms with E-state index in [0.717, 1.165) is 11.4 Å². The SMILES string of the molecule is CC1=C(C)N(CC(=O)c2cccc3c2NC(=O)CC3)CS1. The molecule has 0 atom stereocenters. The first-order valence-corrected chi connectivity index (χ1v) is 8.05. The third-order valence-corrected chi connectivity index (χ3v) is 5.26. The molecule has 2 heterocycles. The van der Waals surface area contributed by atoms with Crippen molar-refractivity contribution in [2.24, 2.45) is 0 Å². The second-order valence-electron chi connectivity index (χ2n) is 5.42. The second-order valence-corrected chi connectivity index (χ2v) is 6.58. The Hall–Kier alpha value is -1.75. The highest BCUT2D eigenvalue weighted by atomic mass is 32.2. The normalized spacial score (nSPS) is 17.8. The molecule has 1 amide bonds. The van der Waals surface area contributed by atoms with Gasteiger partial charge < -0.3 is 10.2 Å². The first kappa shape index (κ1) is 14.2. The Balaban J connectivity index is 1.84. The maximum Gasteiger partial charge on any atom is 0.224 e. The Labute approximate surface area is 128 Å². The number of allylic oxidation sites excluding steroid dienone is 2. The molecule has 0 saturated carbocycles. The van der Waals surface area contributed by atoms with Gasteiger partial charge in [-0.05, 0) is 31.9 Å². The summed E-state index contributed by atoms with van der Waals surface area (Å²) < 4.78 is 0. The first-order chi connectivity index (χ1) is 10.1. The van der Waals surface area contributed by atoms with Crippen LogP contribution in [0.15, 0.2) is 28.8 Å². The van der Waals surface area contributed by atoms with Crippen LogP contribution in [0, 0.1) is 0 Å². The van der Waals surface area contributed by atoms with Crippen LogP contribution in [0.5, 0.6) is 0 Å². The summed E-state index contributed by atoms with van der Waals surface area (Å²) in [6, 6.07) is 5.69. The molecule has 1 aromatic rings. The fourth-order valence-corrected chi connectivity index (χ4v) is 3.63. The number of anilines is 1. The topological polar surface area (TPSA) is 49.4 Å². The van der Waals surface area contributed by atoms with Crippen LogP contribution in [0.4, 0.5) is 5.69 Å². The molecule has 3 rings (SSSR count). The Bertz CT molecular complexity index is 652. The number of Topliss-reactive ketones (excluding diaryl/α,β-unsaturated/α-hetero) is 1. The predicted molar refractivity (Wildman–Crippen MR) is 85.3 cm³/mol. The van der Waals surface area contributed by atoms with Gasteiger partial charge in [0.1, 0.15) is 0 Å². The molecule has 5 heteroatoms. The molecule has 4 nitrogen and oxygen atoms in total. The molecular formula is C16H18N2O2S. The van der Waals surface area contributed by atoms with E-state index < -0.39 is 0 Å². The molecule has 0 spiro atoms. The highest BCUT2D eigenvalue weighted by Gasteiger charge is 2.24. The number of para-hydroxylation sites is 1. The van der Waals surface area contributed by atoms with Crippen LogP contribution >= 0.6 is 11.8 Å². The average Bonchev–Trinajstić information content (AvgIpc) is 2.78. The van der Waals surface area contributed by atoms with Crippen molar-refractivity contribution >= 4 is 29.1 Å². The van der Waals surface area contributed by atoms with Gasteiger partial charge in [0, 0.05) is 22.6 Å². The quantitative estimate of drug-likeness (QED) is 0.872. The van der Waals surface area contributed by atoms with Crippen molar-refractivity contribution in [3.63, 3.8) is 0 Å². The van der Waals surface area contributed by atoms with Gasteiger partial charge in [-0.15, -0.1) is 11.8 Å². The highest BCUT2D eigenvalue weighted by Crippen LogP contribution is 2.32. The molecule has 2 aliphatic heterocycles. The van der Waals surface area contributed by atoms with Gasteiger partial charge >= 0.3 is 0 Å². The van der Waals surface area contributed by atoms with E-state index in [9.17, 15) is 9.59 Å². The van der Waals surface area contributed by atoms with E-state index in [1.807, 2.05) is 25.1 Å². The van der Waals surface area contributed by atoms with Crippen LogP contribution in [0.25, 0.3) is 0 Å². The van der Waals surface area contributed by atoms with Gasteiger partial charge in [0.05, 0.1) is 18.1 Å². The minimum absolute atomic E-state index is 0.00796. The summed E-state index contributed by atoms with van der Waals surface area (Å²) >= 11 is 1.76. The van der Waals surface area contributed by atoms with Crippen molar-refractivity contribution < 1.29 is 9.59 Å². The molecule has 21 heavy (non-hydrogen) atoms. The van der Waals surface area contributed by atoms with E-state index in [1.54, 1.807) is 11.8 Å². The van der Waals surface area contributed by atoms with E-state index >= 15 is 0 Å². The molecule has 0 aliphatic carbocycles. The summed E-state index contributed by atoms with van der Waals surface area (Å²) in [5, 5.41) is 2.86. The van der Waals surface area contributed by atoms with E-state index in [-0.39, 0.29) is 11.7 Å². The lowest BCUT2D eigenvalue weighted by atomic mass is 9.97. The van der Waals surface area contributed by atoms with Gasteiger partial charge in [-0.25, -0.2) is 0 Å². The fraction of sp³-hybridized carbons (Fsp3) is 0.375. The third kappa shape index (κ3) is 2.70. The first-order valence-electron chi connectivity index (χ1n) is 7.06. The number of rotatable bonds is 3. The lowest BCUT2D eigenvalue weighted by Crippen LogP contribution is -2.28. The summed E-state index contributed by atoms with van der Waals surface area (Å²) in [6.07, 6.45) is 1.20. The molecule has 0 bridgehead atoms. The second kappa shape index (κ2) is 5.56. The average molecular weight is 302 g/mol. The molecule has 0 aromatic heterocycles. The number of fused-ring (bicyclic) bond motifs is 1. The lowest BCUT2D eigenvalue weighted by molar-refractivity contribution is -0.116. The van der Waals surface area contributed by atoms with Crippen molar-refractivity contribution in [2.45, 2.75) is 26.7 Å². The standard InChI is InChI=1S/C16H18N2O2S/c1-10-11(2)21-9-18(10)8-14(19)13-5-3-4-12-6-7-15(20)17-16(12)13/h3-5H,6-9H2,1-2H3,(H,17,20). The van der Waals surface area contributed by atoms with Crippen molar-refractivity contribution in [3.8, 4) is 0 Å². The van der Waals surface area contributed by atoms with Crippen molar-refractivity contribution in [1.29, 1.82) is 0 Å². The van der Waals surface area contributed by atoms with E-state index in [4.69, 9.17) is 0 Å². The molecule has 0 fully saturated rings. The Morgan fingerprint density at radius 3 is 2.86 bits per heavy atom. The van der Waals surface area contributed by atoms with Gasteiger partial charge in [0.15, 0.2) is 5.78 Å². The summed E-state index contributed by atoms with van der Waals surface area (Å²) in [5.74, 6) is 0.875. The Morgan fingerprint density at radius 1 is 1.33 bits per heavy atom. The van der Waals surface area contributed by atoms with Crippen LogP contribution in [0.3, 0.4) is 0 Å². The molecule has 0 saturated heterocycles. The van der Waals surface area contributed by atoms with E-state index in [2.05, 4.69) is 17.1 Å². The smallest absolute Gasteiger partial charge is 0.224 e. The molecule has 0 radical (unpaired) electrons. The number of aryl methyl sites for hydroxylation is 1. The molecule has 2 aliphatic rings. The number of nitrogens with zero attached hydrogens (tertiary/aromatic N) is 1. The summed E-state index contributed by atoms with van der Waals surface area (Å²) in [4.78, 5) is 27.6. The van der Waals surface area contributed by atoms with Gasteiger partial charge in [0.25, 0.3) is 0 Å². The Morgan fingerprint density at radius 2 is 2.14 bits per heavy atom. The van der Waals surface area contributed by atoms with E-state index in [0.29, 0.717) is 30.6 Å². The van der Waals surface area contributed by atoms with Gasteiger partial charge in [-0.2, -0.15) is 0 Å². The maximum atomic E-state index is 12.6. The number of carbonyl (C=O) groups is 2. The van der Waals surface area contributed by atoms with Crippen LogP contribution in [0.2, 0.25) is 0 Å². The van der Waals surface area contributed by atoms with Crippen molar-refractivity contribution in [1.82, 2.24) is 4.90 Å². The zero-order chi connectivity index (χ0) is 15.0. The molecule has 110 valence electrons. The molecule has 0 unspecified atom stereocenters. The molecular weight excluding hydrogens is 284 g/mol. The minimum Gasteiger partial charge on any atom is -0.357 e. The number of thioether (sulfide) groups is 1. The van der Waals surface area contributed by atoms with Gasteiger partial charge in [-0.3, -0.25) is 9.59 Å². The molecule has 1 N–H and O–H groups in total. The number of hydrogen-bond acceptors (Lipinski definition) is 4. The number of benzene rings is 1. The summed E-state index contributed by atoms with van der Waals surface area (Å²) in [5.41, 5.74) is 3.56. The Kier molecular flexibility index (Phi) is 3.76. The number of ketones is 1. The van der Waals surface area contributed by atoms with Crippen LogP contribution in [0.1, 0.15) is 36.2 Å². The number of hydrogen-bond donors (Lipinski definition) is 1. The number of carbonyl (C=O) groups excluding carboxylic acids is 2. The minimum atomic E-state index is -0.00796. The summed E-state index contributed by atoms with van der Waals surface area (Å²) in [6.45, 7) is 4.49. The van der Waals surface area contributed by atoms with Crippen LogP contribution in [-0.4, -0.2) is 29.0 Å². The fourth-order valence-electron chi connectivity index (χ4n) is 2.66. The maximum absolute atomic E-state index is 12.6.